The van der Waals surface area contributed by atoms with Crippen LogP contribution in [0.25, 0.3) is 0 Å². The number of nitrogens with zero attached hydrogens (tertiary/aromatic N) is 3. The summed E-state index contributed by atoms with van der Waals surface area (Å²) in [5, 5.41) is 3.42. The summed E-state index contributed by atoms with van der Waals surface area (Å²) < 4.78 is 2.06. The Morgan fingerprint density at radius 3 is 2.60 bits per heavy atom. The number of aromatic nitrogens is 2. The Morgan fingerprint density at radius 1 is 1.25 bits per heavy atom. The number of hydrogen-bond donors (Lipinski definition) is 1. The Labute approximate surface area is 121 Å². The molecule has 0 aliphatic carbocycles. The topological polar surface area (TPSA) is 33.1 Å². The van der Waals surface area contributed by atoms with Gasteiger partial charge < -0.3 is 14.8 Å². The number of hydrogen-bond acceptors (Lipinski definition) is 3. The molecule has 0 saturated heterocycles. The van der Waals surface area contributed by atoms with Gasteiger partial charge in [-0.15, -0.1) is 0 Å². The Bertz CT molecular complexity index is 516. The van der Waals surface area contributed by atoms with Gasteiger partial charge in [-0.25, -0.2) is 4.98 Å². The summed E-state index contributed by atoms with van der Waals surface area (Å²) >= 11 is 0. The summed E-state index contributed by atoms with van der Waals surface area (Å²) in [5.41, 5.74) is 2.54. The lowest BCUT2D eigenvalue weighted by Crippen LogP contribution is -2.19. The van der Waals surface area contributed by atoms with E-state index in [9.17, 15) is 0 Å². The van der Waals surface area contributed by atoms with E-state index >= 15 is 0 Å². The molecule has 20 heavy (non-hydrogen) atoms. The predicted octanol–water partition coefficient (Wildman–Crippen LogP) is 2.56. The van der Waals surface area contributed by atoms with Gasteiger partial charge in [0.15, 0.2) is 0 Å². The fourth-order valence-corrected chi connectivity index (χ4v) is 2.13. The third-order valence-electron chi connectivity index (χ3n) is 3.43. The highest BCUT2D eigenvalue weighted by Crippen LogP contribution is 2.15. The van der Waals surface area contributed by atoms with Crippen LogP contribution in [0.5, 0.6) is 0 Å². The molecule has 0 amide bonds. The molecule has 1 heterocycles. The van der Waals surface area contributed by atoms with Crippen LogP contribution in [0.2, 0.25) is 0 Å². The predicted molar refractivity (Wildman–Crippen MR) is 83.8 cm³/mol. The second kappa shape index (κ2) is 7.10. The van der Waals surface area contributed by atoms with Gasteiger partial charge in [0.1, 0.15) is 5.82 Å². The maximum absolute atomic E-state index is 4.36. The summed E-state index contributed by atoms with van der Waals surface area (Å²) in [4.78, 5) is 6.57. The molecule has 2 rings (SSSR count). The van der Waals surface area contributed by atoms with Gasteiger partial charge in [-0.2, -0.15) is 0 Å². The zero-order valence-electron chi connectivity index (χ0n) is 12.6. The number of anilines is 1. The minimum Gasteiger partial charge on any atom is -0.367 e. The van der Waals surface area contributed by atoms with E-state index in [-0.39, 0.29) is 0 Å². The molecule has 0 saturated carbocycles. The monoisotopic (exact) mass is 272 g/mol. The van der Waals surface area contributed by atoms with Crippen molar-refractivity contribution in [3.8, 4) is 0 Å². The van der Waals surface area contributed by atoms with E-state index < -0.39 is 0 Å². The third-order valence-corrected chi connectivity index (χ3v) is 3.43. The van der Waals surface area contributed by atoms with Crippen LogP contribution >= 0.6 is 0 Å². The second-order valence-electron chi connectivity index (χ2n) is 5.15. The minimum atomic E-state index is 0.816. The van der Waals surface area contributed by atoms with Crippen molar-refractivity contribution in [3.63, 3.8) is 0 Å². The largest absolute Gasteiger partial charge is 0.367 e. The Kier molecular flexibility index (Phi) is 5.18. The quantitative estimate of drug-likeness (QED) is 0.786. The maximum Gasteiger partial charge on any atom is 0.127 e. The molecule has 0 aliphatic rings. The van der Waals surface area contributed by atoms with Gasteiger partial charge in [-0.05, 0) is 30.7 Å². The first-order valence-electron chi connectivity index (χ1n) is 7.17. The van der Waals surface area contributed by atoms with Crippen molar-refractivity contribution in [1.29, 1.82) is 0 Å². The first kappa shape index (κ1) is 14.6. The molecular formula is C16H24N4. The van der Waals surface area contributed by atoms with Gasteiger partial charge in [0.25, 0.3) is 0 Å². The fourth-order valence-electron chi connectivity index (χ4n) is 2.13. The van der Waals surface area contributed by atoms with Crippen molar-refractivity contribution >= 4 is 5.69 Å². The maximum atomic E-state index is 4.36. The molecule has 0 fully saturated rings. The molecule has 1 aromatic carbocycles. The van der Waals surface area contributed by atoms with Crippen LogP contribution < -0.4 is 10.2 Å². The van der Waals surface area contributed by atoms with Crippen molar-refractivity contribution < 1.29 is 0 Å². The summed E-state index contributed by atoms with van der Waals surface area (Å²) in [6.07, 6.45) is 4.99. The van der Waals surface area contributed by atoms with Crippen LogP contribution in [0, 0.1) is 0 Å². The van der Waals surface area contributed by atoms with E-state index in [0.717, 1.165) is 25.5 Å². The van der Waals surface area contributed by atoms with Gasteiger partial charge in [0.05, 0.1) is 6.54 Å². The standard InChI is InChI=1S/C16H24N4/c1-4-9-17-12-14-5-7-15(8-6-14)20(3)13-16-18-10-11-19(16)2/h5-8,10-11,17H,4,9,12-13H2,1-3H3. The van der Waals surface area contributed by atoms with Gasteiger partial charge in [0.2, 0.25) is 0 Å². The third kappa shape index (κ3) is 3.84. The van der Waals surface area contributed by atoms with Crippen molar-refractivity contribution in [2.24, 2.45) is 7.05 Å². The van der Waals surface area contributed by atoms with Crippen LogP contribution in [-0.2, 0) is 20.1 Å². The molecule has 2 aromatic rings. The molecule has 1 N–H and O–H groups in total. The van der Waals surface area contributed by atoms with Gasteiger partial charge in [0, 0.05) is 38.7 Å². The van der Waals surface area contributed by atoms with E-state index in [1.54, 1.807) is 0 Å². The first-order chi connectivity index (χ1) is 9.70. The first-order valence-corrected chi connectivity index (χ1v) is 7.17. The normalized spacial score (nSPS) is 10.8. The second-order valence-corrected chi connectivity index (χ2v) is 5.15. The smallest absolute Gasteiger partial charge is 0.127 e. The average Bonchev–Trinajstić information content (AvgIpc) is 2.85. The number of aryl methyl sites for hydroxylation is 1. The van der Waals surface area contributed by atoms with E-state index in [1.807, 2.05) is 19.4 Å². The summed E-state index contributed by atoms with van der Waals surface area (Å²) in [5.74, 6) is 1.07. The highest BCUT2D eigenvalue weighted by atomic mass is 15.2. The molecule has 4 nitrogen and oxygen atoms in total. The highest BCUT2D eigenvalue weighted by Gasteiger charge is 2.05. The summed E-state index contributed by atoms with van der Waals surface area (Å²) in [6, 6.07) is 8.72. The molecule has 0 aliphatic heterocycles. The fraction of sp³-hybridized carbons (Fsp3) is 0.438. The molecule has 4 heteroatoms. The number of nitrogens with one attached hydrogen (secondary N) is 1. The van der Waals surface area contributed by atoms with Crippen LogP contribution in [0.4, 0.5) is 5.69 Å². The summed E-state index contributed by atoms with van der Waals surface area (Å²) in [6.45, 7) is 5.01. The van der Waals surface area contributed by atoms with Gasteiger partial charge in [-0.3, -0.25) is 0 Å². The SMILES string of the molecule is CCCNCc1ccc(N(C)Cc2nccn2C)cc1. The van der Waals surface area contributed by atoms with Gasteiger partial charge in [-0.1, -0.05) is 19.1 Å². The molecule has 1 aromatic heterocycles. The van der Waals surface area contributed by atoms with E-state index in [4.69, 9.17) is 0 Å². The Morgan fingerprint density at radius 2 is 2.00 bits per heavy atom. The number of rotatable bonds is 7. The van der Waals surface area contributed by atoms with Crippen LogP contribution in [-0.4, -0.2) is 23.1 Å². The van der Waals surface area contributed by atoms with E-state index in [0.29, 0.717) is 0 Å². The lowest BCUT2D eigenvalue weighted by molar-refractivity contribution is 0.675. The Hall–Kier alpha value is -1.81. The van der Waals surface area contributed by atoms with Crippen LogP contribution in [0.15, 0.2) is 36.7 Å². The van der Waals surface area contributed by atoms with Crippen LogP contribution in [0.1, 0.15) is 24.7 Å². The molecule has 0 atom stereocenters. The zero-order valence-corrected chi connectivity index (χ0v) is 12.6. The van der Waals surface area contributed by atoms with Crippen LogP contribution in [0.3, 0.4) is 0 Å². The summed E-state index contributed by atoms with van der Waals surface area (Å²) in [7, 11) is 4.12. The van der Waals surface area contributed by atoms with Gasteiger partial charge >= 0.3 is 0 Å². The average molecular weight is 272 g/mol. The van der Waals surface area contributed by atoms with E-state index in [1.165, 1.54) is 17.7 Å². The molecule has 0 spiro atoms. The van der Waals surface area contributed by atoms with Crippen molar-refractivity contribution in [2.75, 3.05) is 18.5 Å². The lowest BCUT2D eigenvalue weighted by atomic mass is 10.2. The van der Waals surface area contributed by atoms with E-state index in [2.05, 4.69) is 58.0 Å². The zero-order chi connectivity index (χ0) is 14.4. The molecule has 0 bridgehead atoms. The number of benzene rings is 1. The molecule has 108 valence electrons. The highest BCUT2D eigenvalue weighted by molar-refractivity contribution is 5.46. The molecular weight excluding hydrogens is 248 g/mol. The lowest BCUT2D eigenvalue weighted by Gasteiger charge is -2.19. The van der Waals surface area contributed by atoms with Crippen molar-refractivity contribution in [2.45, 2.75) is 26.4 Å². The minimum absolute atomic E-state index is 0.816. The van der Waals surface area contributed by atoms with Crippen molar-refractivity contribution in [3.05, 3.63) is 48.0 Å². The number of imidazole rings is 1. The molecule has 0 radical (unpaired) electrons. The molecule has 0 unspecified atom stereocenters. The van der Waals surface area contributed by atoms with Crippen molar-refractivity contribution in [1.82, 2.24) is 14.9 Å². The Balaban J connectivity index is 1.93.